The molecule has 2 heterocycles. The largest absolute Gasteiger partial charge is 0.490 e. The van der Waals surface area contributed by atoms with Gasteiger partial charge in [0.2, 0.25) is 0 Å². The molecule has 6 nitrogen and oxygen atoms in total. The second-order valence-electron chi connectivity index (χ2n) is 6.49. The van der Waals surface area contributed by atoms with E-state index >= 15 is 0 Å². The lowest BCUT2D eigenvalue weighted by Gasteiger charge is -2.13. The summed E-state index contributed by atoms with van der Waals surface area (Å²) in [6, 6.07) is 9.38. The van der Waals surface area contributed by atoms with Crippen LogP contribution in [0.4, 0.5) is 0 Å². The Balaban J connectivity index is 1.70. The zero-order chi connectivity index (χ0) is 20.8. The number of aryl methyl sites for hydroxylation is 1. The Labute approximate surface area is 175 Å². The van der Waals surface area contributed by atoms with E-state index in [-0.39, 0.29) is 5.91 Å². The number of aromatic nitrogens is 2. The van der Waals surface area contributed by atoms with Crippen molar-refractivity contribution < 1.29 is 14.3 Å². The fourth-order valence-electron chi connectivity index (χ4n) is 3.21. The van der Waals surface area contributed by atoms with Gasteiger partial charge >= 0.3 is 0 Å². The number of fused-ring (bicyclic) bond motifs is 1. The highest BCUT2D eigenvalue weighted by molar-refractivity contribution is 6.30. The highest BCUT2D eigenvalue weighted by atomic mass is 35.5. The van der Waals surface area contributed by atoms with Crippen molar-refractivity contribution in [2.24, 2.45) is 0 Å². The van der Waals surface area contributed by atoms with E-state index in [1.165, 1.54) is 0 Å². The zero-order valence-electron chi connectivity index (χ0n) is 17.0. The maximum Gasteiger partial charge on any atom is 0.270 e. The Kier molecular flexibility index (Phi) is 6.99. The van der Waals surface area contributed by atoms with E-state index in [1.54, 1.807) is 22.7 Å². The summed E-state index contributed by atoms with van der Waals surface area (Å²) >= 11 is 6.05. The number of hydrogen-bond acceptors (Lipinski definition) is 4. The third-order valence-electron chi connectivity index (χ3n) is 4.52. The maximum absolute atomic E-state index is 12.8. The first-order valence-electron chi connectivity index (χ1n) is 9.90. The summed E-state index contributed by atoms with van der Waals surface area (Å²) in [5, 5.41) is 3.60. The molecular formula is C22H26ClN3O3. The van der Waals surface area contributed by atoms with Gasteiger partial charge in [-0.15, -0.1) is 0 Å². The van der Waals surface area contributed by atoms with Gasteiger partial charge in [-0.2, -0.15) is 0 Å². The second-order valence-corrected chi connectivity index (χ2v) is 6.92. The minimum atomic E-state index is -0.146. The number of hydrogen-bond donors (Lipinski definition) is 1. The number of nitrogens with one attached hydrogen (secondary N) is 1. The molecule has 0 fully saturated rings. The van der Waals surface area contributed by atoms with Crippen LogP contribution < -0.4 is 14.8 Å². The molecule has 0 bridgehead atoms. The highest BCUT2D eigenvalue weighted by Crippen LogP contribution is 2.28. The van der Waals surface area contributed by atoms with E-state index in [2.05, 4.69) is 10.3 Å². The lowest BCUT2D eigenvalue weighted by molar-refractivity contribution is 0.0947. The van der Waals surface area contributed by atoms with Crippen LogP contribution >= 0.6 is 11.6 Å². The molecule has 0 unspecified atom stereocenters. The Morgan fingerprint density at radius 3 is 2.59 bits per heavy atom. The molecule has 0 aliphatic carbocycles. The van der Waals surface area contributed by atoms with Crippen LogP contribution in [0, 0.1) is 0 Å². The van der Waals surface area contributed by atoms with Gasteiger partial charge in [-0.3, -0.25) is 9.20 Å². The van der Waals surface area contributed by atoms with Crippen LogP contribution in [-0.2, 0) is 12.8 Å². The first-order valence-corrected chi connectivity index (χ1v) is 10.3. The Bertz CT molecular complexity index is 1000. The molecule has 0 spiro atoms. The van der Waals surface area contributed by atoms with E-state index in [0.29, 0.717) is 49.0 Å². The van der Waals surface area contributed by atoms with Crippen molar-refractivity contribution in [1.82, 2.24) is 14.7 Å². The summed E-state index contributed by atoms with van der Waals surface area (Å²) in [6.07, 6.45) is 3.13. The first kappa shape index (κ1) is 21.0. The summed E-state index contributed by atoms with van der Waals surface area (Å²) < 4.78 is 13.0. The number of carbonyl (C=O) groups excluding carboxylic acids is 1. The Morgan fingerprint density at radius 1 is 1.10 bits per heavy atom. The van der Waals surface area contributed by atoms with Gasteiger partial charge in [0.25, 0.3) is 5.91 Å². The van der Waals surface area contributed by atoms with Crippen LogP contribution in [0.2, 0.25) is 5.02 Å². The Hall–Kier alpha value is -2.73. The smallest absolute Gasteiger partial charge is 0.270 e. The number of benzene rings is 1. The van der Waals surface area contributed by atoms with Gasteiger partial charge in [0.15, 0.2) is 11.5 Å². The minimum absolute atomic E-state index is 0.146. The van der Waals surface area contributed by atoms with E-state index in [1.807, 2.05) is 39.0 Å². The predicted molar refractivity (Wildman–Crippen MR) is 114 cm³/mol. The van der Waals surface area contributed by atoms with Crippen LogP contribution in [0.1, 0.15) is 42.5 Å². The summed E-state index contributed by atoms with van der Waals surface area (Å²) in [6.45, 7) is 7.52. The predicted octanol–water partition coefficient (Wildman–Crippen LogP) is 4.32. The van der Waals surface area contributed by atoms with Gasteiger partial charge in [-0.05, 0) is 50.5 Å². The van der Waals surface area contributed by atoms with Crippen molar-refractivity contribution in [1.29, 1.82) is 0 Å². The van der Waals surface area contributed by atoms with Crippen LogP contribution in [0.25, 0.3) is 5.65 Å². The van der Waals surface area contributed by atoms with Crippen molar-refractivity contribution in [3.63, 3.8) is 0 Å². The molecule has 7 heteroatoms. The first-order chi connectivity index (χ1) is 14.1. The summed E-state index contributed by atoms with van der Waals surface area (Å²) in [5.41, 5.74) is 3.05. The molecule has 0 atom stereocenters. The summed E-state index contributed by atoms with van der Waals surface area (Å²) in [7, 11) is 0. The molecule has 3 aromatic rings. The van der Waals surface area contributed by atoms with Gasteiger partial charge < -0.3 is 14.8 Å². The third-order valence-corrected chi connectivity index (χ3v) is 4.75. The van der Waals surface area contributed by atoms with E-state index in [0.717, 1.165) is 22.8 Å². The van der Waals surface area contributed by atoms with E-state index in [4.69, 9.17) is 21.1 Å². The zero-order valence-corrected chi connectivity index (χ0v) is 17.8. The lowest BCUT2D eigenvalue weighted by atomic mass is 10.1. The monoisotopic (exact) mass is 415 g/mol. The molecule has 1 N–H and O–H groups in total. The molecule has 1 aromatic carbocycles. The van der Waals surface area contributed by atoms with E-state index in [9.17, 15) is 4.79 Å². The topological polar surface area (TPSA) is 64.9 Å². The summed E-state index contributed by atoms with van der Waals surface area (Å²) in [5.74, 6) is 1.32. The maximum atomic E-state index is 12.8. The normalized spacial score (nSPS) is 10.9. The number of carbonyl (C=O) groups is 1. The van der Waals surface area contributed by atoms with Crippen molar-refractivity contribution in [3.8, 4) is 11.5 Å². The van der Waals surface area contributed by atoms with Crippen LogP contribution in [-0.4, -0.2) is 35.1 Å². The molecule has 0 saturated carbocycles. The fourth-order valence-corrected chi connectivity index (χ4v) is 3.36. The van der Waals surface area contributed by atoms with Crippen LogP contribution in [0.5, 0.6) is 11.5 Å². The number of imidazole rings is 1. The number of amides is 1. The fraction of sp³-hybridized carbons (Fsp3) is 0.364. The van der Waals surface area contributed by atoms with Crippen LogP contribution in [0.15, 0.2) is 36.5 Å². The molecule has 0 aliphatic heterocycles. The quantitative estimate of drug-likeness (QED) is 0.565. The van der Waals surface area contributed by atoms with Gasteiger partial charge in [0.1, 0.15) is 11.3 Å². The molecule has 1 amide bonds. The van der Waals surface area contributed by atoms with Crippen molar-refractivity contribution in [2.45, 2.75) is 33.6 Å². The molecule has 2 aromatic heterocycles. The average molecular weight is 416 g/mol. The second kappa shape index (κ2) is 9.65. The number of nitrogens with zero attached hydrogens (tertiary/aromatic N) is 2. The molecule has 3 rings (SSSR count). The van der Waals surface area contributed by atoms with Crippen molar-refractivity contribution in [3.05, 3.63) is 58.5 Å². The number of halogens is 1. The number of rotatable bonds is 9. The number of pyridine rings is 1. The Morgan fingerprint density at radius 2 is 1.86 bits per heavy atom. The molecular weight excluding hydrogens is 390 g/mol. The molecule has 0 radical (unpaired) electrons. The van der Waals surface area contributed by atoms with Crippen molar-refractivity contribution in [2.75, 3.05) is 19.8 Å². The molecule has 154 valence electrons. The molecule has 0 aliphatic rings. The third kappa shape index (κ3) is 4.82. The summed E-state index contributed by atoms with van der Waals surface area (Å²) in [4.78, 5) is 17.4. The minimum Gasteiger partial charge on any atom is -0.490 e. The van der Waals surface area contributed by atoms with Gasteiger partial charge in [-0.1, -0.05) is 24.6 Å². The standard InChI is InChI=1S/C22H26ClN3O3/c1-4-17-21(26-12-10-16(23)14-20(26)25-17)22(27)24-11-9-15-7-8-18(28-5-2)19(13-15)29-6-3/h7-8,10,12-14H,4-6,9,11H2,1-3H3,(H,24,27). The molecule has 0 saturated heterocycles. The molecule has 29 heavy (non-hydrogen) atoms. The van der Waals surface area contributed by atoms with Gasteiger partial charge in [0, 0.05) is 23.8 Å². The van der Waals surface area contributed by atoms with Crippen LogP contribution in [0.3, 0.4) is 0 Å². The highest BCUT2D eigenvalue weighted by Gasteiger charge is 2.18. The number of ether oxygens (including phenoxy) is 2. The van der Waals surface area contributed by atoms with Gasteiger partial charge in [0.05, 0.1) is 18.9 Å². The van der Waals surface area contributed by atoms with Gasteiger partial charge in [-0.25, -0.2) is 4.98 Å². The average Bonchev–Trinajstić information content (AvgIpc) is 3.07. The SMILES string of the molecule is CCOc1ccc(CCNC(=O)c2c(CC)nc3cc(Cl)ccn23)cc1OCC. The lowest BCUT2D eigenvalue weighted by Crippen LogP contribution is -2.27. The van der Waals surface area contributed by atoms with E-state index < -0.39 is 0 Å². The van der Waals surface area contributed by atoms with Crippen molar-refractivity contribution >= 4 is 23.2 Å².